The maximum atomic E-state index is 13.3. The molecule has 0 heterocycles. The summed E-state index contributed by atoms with van der Waals surface area (Å²) in [6.45, 7) is 2.88. The molecule has 1 atom stereocenters. The Balaban J connectivity index is 2.59. The topological polar surface area (TPSA) is 20.2 Å². The Kier molecular flexibility index (Phi) is 2.82. The van der Waals surface area contributed by atoms with Gasteiger partial charge in [-0.05, 0) is 5.92 Å². The molecule has 0 aromatic rings. The Morgan fingerprint density at radius 3 is 2.00 bits per heavy atom. The normalized spacial score (nSPS) is 24.9. The minimum absolute atomic E-state index is 0.626. The molecule has 1 fully saturated rings. The van der Waals surface area contributed by atoms with Crippen LogP contribution in [0.25, 0.3) is 0 Å². The van der Waals surface area contributed by atoms with Gasteiger partial charge in [-0.2, -0.15) is 0 Å². The molecule has 84 valence electrons. The van der Waals surface area contributed by atoms with Crippen LogP contribution in [0.1, 0.15) is 26.7 Å². The summed E-state index contributed by atoms with van der Waals surface area (Å²) in [6.07, 6.45) is -3.46. The third-order valence-electron chi connectivity index (χ3n) is 2.66. The summed E-state index contributed by atoms with van der Waals surface area (Å²) in [6, 6.07) is 0. The molecule has 1 unspecified atom stereocenters. The molecule has 0 aromatic carbocycles. The minimum atomic E-state index is -3.39. The highest BCUT2D eigenvalue weighted by atomic mass is 19.3. The van der Waals surface area contributed by atoms with Gasteiger partial charge in [0.1, 0.15) is 6.10 Å². The van der Waals surface area contributed by atoms with E-state index in [1.807, 2.05) is 0 Å². The highest BCUT2D eigenvalue weighted by Gasteiger charge is 2.59. The van der Waals surface area contributed by atoms with E-state index < -0.39 is 42.6 Å². The largest absolute Gasteiger partial charge is 0.387 e. The third-order valence-corrected chi connectivity index (χ3v) is 2.66. The summed E-state index contributed by atoms with van der Waals surface area (Å²) >= 11 is 0. The van der Waals surface area contributed by atoms with Crippen molar-refractivity contribution in [3.05, 3.63) is 0 Å². The molecule has 0 aromatic heterocycles. The van der Waals surface area contributed by atoms with Crippen LogP contribution in [0.5, 0.6) is 0 Å². The van der Waals surface area contributed by atoms with Gasteiger partial charge in [0.05, 0.1) is 0 Å². The van der Waals surface area contributed by atoms with Crippen molar-refractivity contribution in [2.24, 2.45) is 11.8 Å². The van der Waals surface area contributed by atoms with Crippen LogP contribution in [-0.2, 0) is 0 Å². The first kappa shape index (κ1) is 11.8. The first-order valence-corrected chi connectivity index (χ1v) is 4.60. The average Bonchev–Trinajstić information content (AvgIpc) is 1.98. The zero-order chi connectivity index (χ0) is 11.1. The monoisotopic (exact) mass is 214 g/mol. The van der Waals surface area contributed by atoms with Crippen LogP contribution in [0.2, 0.25) is 0 Å². The lowest BCUT2D eigenvalue weighted by atomic mass is 9.74. The summed E-state index contributed by atoms with van der Waals surface area (Å²) < 4.78 is 51.3. The number of aliphatic hydroxyl groups excluding tert-OH is 1. The van der Waals surface area contributed by atoms with Crippen molar-refractivity contribution in [2.75, 3.05) is 0 Å². The van der Waals surface area contributed by atoms with Gasteiger partial charge in [-0.25, -0.2) is 17.6 Å². The van der Waals surface area contributed by atoms with Gasteiger partial charge in [-0.3, -0.25) is 0 Å². The summed E-state index contributed by atoms with van der Waals surface area (Å²) in [5.74, 6) is -8.37. The van der Waals surface area contributed by atoms with Gasteiger partial charge in [0.15, 0.2) is 0 Å². The van der Waals surface area contributed by atoms with E-state index in [4.69, 9.17) is 5.11 Å². The van der Waals surface area contributed by atoms with Crippen molar-refractivity contribution < 1.29 is 22.7 Å². The van der Waals surface area contributed by atoms with Crippen molar-refractivity contribution in [3.63, 3.8) is 0 Å². The molecule has 14 heavy (non-hydrogen) atoms. The van der Waals surface area contributed by atoms with E-state index in [1.165, 1.54) is 13.8 Å². The Morgan fingerprint density at radius 1 is 1.29 bits per heavy atom. The van der Waals surface area contributed by atoms with E-state index in [2.05, 4.69) is 0 Å². The lowest BCUT2D eigenvalue weighted by Gasteiger charge is -2.42. The molecular formula is C9H14F4O. The van der Waals surface area contributed by atoms with E-state index in [-0.39, 0.29) is 0 Å². The van der Waals surface area contributed by atoms with Crippen LogP contribution < -0.4 is 0 Å². The van der Waals surface area contributed by atoms with Crippen LogP contribution in [0.4, 0.5) is 17.6 Å². The molecule has 0 radical (unpaired) electrons. The molecule has 1 aliphatic rings. The van der Waals surface area contributed by atoms with Crippen molar-refractivity contribution in [1.29, 1.82) is 0 Å². The van der Waals surface area contributed by atoms with Crippen LogP contribution in [0.3, 0.4) is 0 Å². The molecule has 0 spiro atoms. The van der Waals surface area contributed by atoms with Crippen LogP contribution in [-0.4, -0.2) is 23.1 Å². The summed E-state index contributed by atoms with van der Waals surface area (Å²) in [5.41, 5.74) is 0. The van der Waals surface area contributed by atoms with Gasteiger partial charge in [0, 0.05) is 18.8 Å². The third kappa shape index (κ3) is 2.02. The van der Waals surface area contributed by atoms with Crippen LogP contribution >= 0.6 is 0 Å². The fraction of sp³-hybridized carbons (Fsp3) is 1.00. The van der Waals surface area contributed by atoms with Crippen molar-refractivity contribution in [1.82, 2.24) is 0 Å². The standard InChI is InChI=1S/C9H14F4O/c1-5(2)7(14)9(12,13)6-3-8(10,11)4-6/h5-7,14H,3-4H2,1-2H3. The van der Waals surface area contributed by atoms with E-state index in [9.17, 15) is 17.6 Å². The summed E-state index contributed by atoms with van der Waals surface area (Å²) in [5, 5.41) is 9.16. The maximum absolute atomic E-state index is 13.3. The average molecular weight is 214 g/mol. The molecule has 0 aliphatic heterocycles. The number of rotatable bonds is 3. The lowest BCUT2D eigenvalue weighted by molar-refractivity contribution is -0.235. The molecule has 0 bridgehead atoms. The molecule has 1 nitrogen and oxygen atoms in total. The first-order chi connectivity index (χ1) is 6.17. The van der Waals surface area contributed by atoms with Gasteiger partial charge in [0.25, 0.3) is 5.92 Å². The van der Waals surface area contributed by atoms with Gasteiger partial charge in [-0.1, -0.05) is 13.8 Å². The van der Waals surface area contributed by atoms with E-state index in [0.717, 1.165) is 0 Å². The highest BCUT2D eigenvalue weighted by Crippen LogP contribution is 2.51. The maximum Gasteiger partial charge on any atom is 0.276 e. The number of halogens is 4. The second-order valence-electron chi connectivity index (χ2n) is 4.32. The Labute approximate surface area is 80.1 Å². The second-order valence-corrected chi connectivity index (χ2v) is 4.32. The molecule has 0 amide bonds. The van der Waals surface area contributed by atoms with Gasteiger partial charge < -0.3 is 5.11 Å². The smallest absolute Gasteiger partial charge is 0.276 e. The lowest BCUT2D eigenvalue weighted by Crippen LogP contribution is -2.52. The van der Waals surface area contributed by atoms with Gasteiger partial charge in [0.2, 0.25) is 5.92 Å². The number of hydrogen-bond donors (Lipinski definition) is 1. The molecule has 1 N–H and O–H groups in total. The van der Waals surface area contributed by atoms with E-state index >= 15 is 0 Å². The predicted molar refractivity (Wildman–Crippen MR) is 43.5 cm³/mol. The van der Waals surface area contributed by atoms with Crippen molar-refractivity contribution >= 4 is 0 Å². The Morgan fingerprint density at radius 2 is 1.71 bits per heavy atom. The summed E-state index contributed by atoms with van der Waals surface area (Å²) in [7, 11) is 0. The molecular weight excluding hydrogens is 200 g/mol. The minimum Gasteiger partial charge on any atom is -0.387 e. The van der Waals surface area contributed by atoms with Crippen LogP contribution in [0.15, 0.2) is 0 Å². The van der Waals surface area contributed by atoms with Gasteiger partial charge >= 0.3 is 0 Å². The number of alkyl halides is 4. The zero-order valence-electron chi connectivity index (χ0n) is 8.11. The molecule has 1 rings (SSSR count). The fourth-order valence-electron chi connectivity index (χ4n) is 1.62. The van der Waals surface area contributed by atoms with Crippen molar-refractivity contribution in [2.45, 2.75) is 44.6 Å². The SMILES string of the molecule is CC(C)C(O)C(F)(F)C1CC(F)(F)C1. The predicted octanol–water partition coefficient (Wildman–Crippen LogP) is 2.68. The van der Waals surface area contributed by atoms with E-state index in [1.54, 1.807) is 0 Å². The fourth-order valence-corrected chi connectivity index (χ4v) is 1.62. The highest BCUT2D eigenvalue weighted by molar-refractivity contribution is 4.97. The van der Waals surface area contributed by atoms with Crippen LogP contribution in [0, 0.1) is 11.8 Å². The molecule has 5 heteroatoms. The first-order valence-electron chi connectivity index (χ1n) is 4.60. The van der Waals surface area contributed by atoms with Gasteiger partial charge in [-0.15, -0.1) is 0 Å². The number of hydrogen-bond acceptors (Lipinski definition) is 1. The molecule has 1 saturated carbocycles. The Bertz CT molecular complexity index is 207. The Hall–Kier alpha value is -0.320. The van der Waals surface area contributed by atoms with Crippen molar-refractivity contribution in [3.8, 4) is 0 Å². The molecule has 0 saturated heterocycles. The second kappa shape index (κ2) is 3.36. The molecule has 1 aliphatic carbocycles. The quantitative estimate of drug-likeness (QED) is 0.716. The summed E-state index contributed by atoms with van der Waals surface area (Å²) in [4.78, 5) is 0. The number of aliphatic hydroxyl groups is 1. The van der Waals surface area contributed by atoms with E-state index in [0.29, 0.717) is 0 Å². The zero-order valence-corrected chi connectivity index (χ0v) is 8.11.